The molecule has 2 rings (SSSR count). The Balaban J connectivity index is 2.28. The summed E-state index contributed by atoms with van der Waals surface area (Å²) in [6.07, 6.45) is 2.24. The molecule has 0 saturated heterocycles. The Morgan fingerprint density at radius 2 is 1.70 bits per heavy atom. The van der Waals surface area contributed by atoms with Crippen LogP contribution in [0.2, 0.25) is 0 Å². The number of benzene rings is 1. The van der Waals surface area contributed by atoms with Crippen molar-refractivity contribution in [1.82, 2.24) is 15.0 Å². The standard InChI is InChI=1S/C20H31N5O4S/c1-13(2)10-16(12-26)21-19-22-18(23-20(24-19)25-30(5,27)28)11-14(3)15-6-8-17(29-4)9-7-15/h6-9,13-14,16,26H,10-12H2,1-5H3,(H2,21,22,23,24,25). The second-order valence-electron chi connectivity index (χ2n) is 7.80. The van der Waals surface area contributed by atoms with Gasteiger partial charge in [-0.1, -0.05) is 32.9 Å². The molecule has 0 saturated carbocycles. The number of sulfonamides is 1. The Bertz CT molecular complexity index is 919. The molecule has 0 spiro atoms. The van der Waals surface area contributed by atoms with E-state index in [2.05, 4.69) is 38.8 Å². The van der Waals surface area contributed by atoms with Gasteiger partial charge in [0.25, 0.3) is 0 Å². The predicted octanol–water partition coefficient (Wildman–Crippen LogP) is 2.42. The van der Waals surface area contributed by atoms with Crippen molar-refractivity contribution >= 4 is 21.9 Å². The van der Waals surface area contributed by atoms with Crippen molar-refractivity contribution in [2.45, 2.75) is 45.6 Å². The average molecular weight is 438 g/mol. The van der Waals surface area contributed by atoms with Gasteiger partial charge >= 0.3 is 0 Å². The number of aromatic nitrogens is 3. The van der Waals surface area contributed by atoms with Crippen molar-refractivity contribution < 1.29 is 18.3 Å². The third-order valence-electron chi connectivity index (χ3n) is 4.44. The lowest BCUT2D eigenvalue weighted by atomic mass is 9.97. The van der Waals surface area contributed by atoms with Crippen molar-refractivity contribution in [2.24, 2.45) is 5.92 Å². The van der Waals surface area contributed by atoms with E-state index in [0.29, 0.717) is 24.6 Å². The Hall–Kier alpha value is -2.46. The molecule has 0 aliphatic rings. The molecule has 9 nitrogen and oxygen atoms in total. The van der Waals surface area contributed by atoms with E-state index >= 15 is 0 Å². The number of ether oxygens (including phenoxy) is 1. The molecule has 10 heteroatoms. The molecule has 0 amide bonds. The second-order valence-corrected chi connectivity index (χ2v) is 9.55. The highest BCUT2D eigenvalue weighted by Crippen LogP contribution is 2.23. The van der Waals surface area contributed by atoms with Crippen molar-refractivity contribution in [3.8, 4) is 5.75 Å². The third kappa shape index (κ3) is 7.75. The number of nitrogens with one attached hydrogen (secondary N) is 2. The van der Waals surface area contributed by atoms with Gasteiger partial charge in [-0.2, -0.15) is 15.0 Å². The van der Waals surface area contributed by atoms with Crippen molar-refractivity contribution in [3.05, 3.63) is 35.7 Å². The molecule has 1 aromatic heterocycles. The molecule has 0 radical (unpaired) electrons. The molecule has 0 fully saturated rings. The van der Waals surface area contributed by atoms with Crippen molar-refractivity contribution in [3.63, 3.8) is 0 Å². The number of methoxy groups -OCH3 is 1. The number of aliphatic hydroxyl groups is 1. The fraction of sp³-hybridized carbons (Fsp3) is 0.550. The molecule has 2 atom stereocenters. The van der Waals surface area contributed by atoms with E-state index in [9.17, 15) is 13.5 Å². The molecule has 2 unspecified atom stereocenters. The molecule has 0 aliphatic carbocycles. The summed E-state index contributed by atoms with van der Waals surface area (Å²) < 4.78 is 30.8. The molecule has 0 aliphatic heterocycles. The van der Waals surface area contributed by atoms with E-state index in [1.807, 2.05) is 31.2 Å². The summed E-state index contributed by atoms with van der Waals surface area (Å²) in [5.74, 6) is 1.85. The lowest BCUT2D eigenvalue weighted by Gasteiger charge is -2.19. The number of nitrogens with zero attached hydrogens (tertiary/aromatic N) is 3. The van der Waals surface area contributed by atoms with Gasteiger partial charge in [-0.3, -0.25) is 4.72 Å². The van der Waals surface area contributed by atoms with Gasteiger partial charge in [-0.15, -0.1) is 0 Å². The van der Waals surface area contributed by atoms with E-state index in [-0.39, 0.29) is 30.5 Å². The van der Waals surface area contributed by atoms with Gasteiger partial charge in [0.15, 0.2) is 0 Å². The SMILES string of the molecule is COc1ccc(C(C)Cc2nc(NC(CO)CC(C)C)nc(NS(C)(=O)=O)n2)cc1. The highest BCUT2D eigenvalue weighted by atomic mass is 32.2. The fourth-order valence-corrected chi connectivity index (χ4v) is 3.46. The zero-order valence-electron chi connectivity index (χ0n) is 18.1. The third-order valence-corrected chi connectivity index (χ3v) is 4.99. The minimum Gasteiger partial charge on any atom is -0.497 e. The van der Waals surface area contributed by atoms with Gasteiger partial charge < -0.3 is 15.2 Å². The molecule has 2 aromatic rings. The number of hydrogen-bond donors (Lipinski definition) is 3. The maximum atomic E-state index is 11.7. The van der Waals surface area contributed by atoms with Crippen LogP contribution >= 0.6 is 0 Å². The number of aliphatic hydroxyl groups excluding tert-OH is 1. The first kappa shape index (κ1) is 23.8. The Labute approximate surface area is 178 Å². The first-order valence-electron chi connectivity index (χ1n) is 9.83. The van der Waals surface area contributed by atoms with Crippen LogP contribution in [-0.2, 0) is 16.4 Å². The average Bonchev–Trinajstić information content (AvgIpc) is 2.65. The molecular formula is C20H31N5O4S. The molecule has 1 aromatic carbocycles. The molecule has 1 heterocycles. The zero-order chi connectivity index (χ0) is 22.3. The van der Waals surface area contributed by atoms with Crippen LogP contribution in [0.1, 0.15) is 44.5 Å². The summed E-state index contributed by atoms with van der Waals surface area (Å²) in [5.41, 5.74) is 1.08. The molecule has 3 N–H and O–H groups in total. The second kappa shape index (κ2) is 10.5. The lowest BCUT2D eigenvalue weighted by molar-refractivity contribution is 0.259. The quantitative estimate of drug-likeness (QED) is 0.489. The first-order chi connectivity index (χ1) is 14.1. The van der Waals surface area contributed by atoms with Crippen LogP contribution in [0.4, 0.5) is 11.9 Å². The van der Waals surface area contributed by atoms with Gasteiger partial charge in [0.1, 0.15) is 11.6 Å². The predicted molar refractivity (Wildman–Crippen MR) is 117 cm³/mol. The lowest BCUT2D eigenvalue weighted by Crippen LogP contribution is -2.27. The normalized spacial score (nSPS) is 13.7. The van der Waals surface area contributed by atoms with Crippen LogP contribution in [0.3, 0.4) is 0 Å². The highest BCUT2D eigenvalue weighted by molar-refractivity contribution is 7.91. The van der Waals surface area contributed by atoms with E-state index in [1.165, 1.54) is 0 Å². The summed E-state index contributed by atoms with van der Waals surface area (Å²) in [7, 11) is -1.93. The minimum atomic E-state index is -3.55. The molecule has 0 bridgehead atoms. The van der Waals surface area contributed by atoms with Crippen molar-refractivity contribution in [2.75, 3.05) is 30.0 Å². The van der Waals surface area contributed by atoms with E-state index < -0.39 is 10.0 Å². The topological polar surface area (TPSA) is 126 Å². The summed E-state index contributed by atoms with van der Waals surface area (Å²) in [5, 5.41) is 12.7. The summed E-state index contributed by atoms with van der Waals surface area (Å²) in [6.45, 7) is 6.06. The maximum Gasteiger partial charge on any atom is 0.241 e. The first-order valence-corrected chi connectivity index (χ1v) is 11.7. The van der Waals surface area contributed by atoms with Crippen molar-refractivity contribution in [1.29, 1.82) is 0 Å². The summed E-state index contributed by atoms with van der Waals surface area (Å²) in [6, 6.07) is 7.49. The number of hydrogen-bond acceptors (Lipinski definition) is 8. The molecular weight excluding hydrogens is 406 g/mol. The van der Waals surface area contributed by atoms with Gasteiger partial charge in [0, 0.05) is 6.42 Å². The van der Waals surface area contributed by atoms with Crippen LogP contribution in [0, 0.1) is 5.92 Å². The van der Waals surface area contributed by atoms with Crippen LogP contribution in [0.5, 0.6) is 5.75 Å². The van der Waals surface area contributed by atoms with Gasteiger partial charge in [-0.25, -0.2) is 8.42 Å². The summed E-state index contributed by atoms with van der Waals surface area (Å²) in [4.78, 5) is 12.9. The Kier molecular flexibility index (Phi) is 8.36. The highest BCUT2D eigenvalue weighted by Gasteiger charge is 2.17. The van der Waals surface area contributed by atoms with E-state index in [1.54, 1.807) is 7.11 Å². The number of anilines is 2. The largest absolute Gasteiger partial charge is 0.497 e. The number of rotatable bonds is 11. The van der Waals surface area contributed by atoms with E-state index in [4.69, 9.17) is 4.74 Å². The zero-order valence-corrected chi connectivity index (χ0v) is 18.9. The minimum absolute atomic E-state index is 0.0480. The Morgan fingerprint density at radius 1 is 1.07 bits per heavy atom. The fourth-order valence-electron chi connectivity index (χ4n) is 3.04. The summed E-state index contributed by atoms with van der Waals surface area (Å²) >= 11 is 0. The van der Waals surface area contributed by atoms with Crippen LogP contribution in [0.15, 0.2) is 24.3 Å². The van der Waals surface area contributed by atoms with Gasteiger partial charge in [0.05, 0.1) is 26.0 Å². The van der Waals surface area contributed by atoms with Gasteiger partial charge in [0.2, 0.25) is 21.9 Å². The monoisotopic (exact) mass is 437 g/mol. The van der Waals surface area contributed by atoms with Gasteiger partial charge in [-0.05, 0) is 36.0 Å². The van der Waals surface area contributed by atoms with Crippen LogP contribution in [-0.4, -0.2) is 54.5 Å². The van der Waals surface area contributed by atoms with Crippen LogP contribution < -0.4 is 14.8 Å². The van der Waals surface area contributed by atoms with Crippen LogP contribution in [0.25, 0.3) is 0 Å². The Morgan fingerprint density at radius 3 is 2.23 bits per heavy atom. The molecule has 30 heavy (non-hydrogen) atoms. The smallest absolute Gasteiger partial charge is 0.241 e. The molecule has 166 valence electrons. The van der Waals surface area contributed by atoms with E-state index in [0.717, 1.165) is 17.6 Å². The maximum absolute atomic E-state index is 11.7.